The van der Waals surface area contributed by atoms with Gasteiger partial charge in [0, 0.05) is 24.7 Å². The molecule has 9 heteroatoms. The lowest BCUT2D eigenvalue weighted by atomic mass is 10.1. The topological polar surface area (TPSA) is 73.8 Å². The molecule has 0 aromatic heterocycles. The van der Waals surface area contributed by atoms with Crippen LogP contribution in [0.15, 0.2) is 29.3 Å². The molecule has 1 atom stereocenters. The van der Waals surface area contributed by atoms with E-state index in [0.717, 1.165) is 5.56 Å². The molecule has 0 radical (unpaired) electrons. The molecule has 0 saturated heterocycles. The highest BCUT2D eigenvalue weighted by molar-refractivity contribution is 14.0. The average Bonchev–Trinajstić information content (AvgIpc) is 2.56. The summed E-state index contributed by atoms with van der Waals surface area (Å²) in [6.45, 7) is 9.53. The monoisotopic (exact) mass is 516 g/mol. The molecule has 0 aliphatic carbocycles. The van der Waals surface area contributed by atoms with Gasteiger partial charge in [0.05, 0.1) is 18.3 Å². The Labute approximate surface area is 179 Å². The molecule has 150 valence electrons. The lowest BCUT2D eigenvalue weighted by molar-refractivity contribution is 0.445. The van der Waals surface area contributed by atoms with E-state index in [-0.39, 0.29) is 42.3 Å². The van der Waals surface area contributed by atoms with Gasteiger partial charge in [-0.15, -0.1) is 24.0 Å². The molecule has 0 heterocycles. The minimum absolute atomic E-state index is 0. The number of hydrogen-bond donors (Lipinski definition) is 2. The molecular formula is C17H30ClIN4O2S. The van der Waals surface area contributed by atoms with E-state index >= 15 is 0 Å². The number of sulfonamides is 1. The minimum atomic E-state index is -3.26. The Hall–Kier alpha value is -0.580. The Bertz CT molecular complexity index is 649. The highest BCUT2D eigenvalue weighted by Crippen LogP contribution is 2.15. The van der Waals surface area contributed by atoms with Crippen LogP contribution in [0.5, 0.6) is 0 Å². The fourth-order valence-electron chi connectivity index (χ4n) is 2.38. The first kappa shape index (κ1) is 25.4. The normalized spacial score (nSPS) is 13.2. The molecule has 6 nitrogen and oxygen atoms in total. The van der Waals surface area contributed by atoms with Crippen LogP contribution in [0.1, 0.15) is 39.3 Å². The quantitative estimate of drug-likeness (QED) is 0.300. The van der Waals surface area contributed by atoms with Gasteiger partial charge in [-0.1, -0.05) is 37.6 Å². The van der Waals surface area contributed by atoms with Crippen molar-refractivity contribution in [2.75, 3.05) is 31.9 Å². The van der Waals surface area contributed by atoms with E-state index in [0.29, 0.717) is 30.6 Å². The lowest BCUT2D eigenvalue weighted by Gasteiger charge is -2.19. The fraction of sp³-hybridized carbons (Fsp3) is 0.588. The van der Waals surface area contributed by atoms with Crippen molar-refractivity contribution in [2.24, 2.45) is 4.99 Å². The van der Waals surface area contributed by atoms with Crippen molar-refractivity contribution in [1.29, 1.82) is 0 Å². The van der Waals surface area contributed by atoms with Gasteiger partial charge in [0.25, 0.3) is 0 Å². The number of nitrogens with one attached hydrogen (secondary N) is 2. The summed E-state index contributed by atoms with van der Waals surface area (Å²) in [6, 6.07) is 7.61. The maximum absolute atomic E-state index is 12.2. The molecule has 0 aliphatic heterocycles. The second-order valence-corrected chi connectivity index (χ2v) is 8.10. The van der Waals surface area contributed by atoms with Crippen LogP contribution in [-0.4, -0.2) is 50.6 Å². The van der Waals surface area contributed by atoms with Crippen molar-refractivity contribution in [3.63, 3.8) is 0 Å². The second kappa shape index (κ2) is 12.7. The van der Waals surface area contributed by atoms with E-state index in [4.69, 9.17) is 11.6 Å². The summed E-state index contributed by atoms with van der Waals surface area (Å²) in [5, 5.41) is 7.12. The Morgan fingerprint density at radius 1 is 1.19 bits per heavy atom. The van der Waals surface area contributed by atoms with Gasteiger partial charge in [0.2, 0.25) is 10.0 Å². The first-order valence-corrected chi connectivity index (χ1v) is 10.6. The Morgan fingerprint density at radius 3 is 2.27 bits per heavy atom. The van der Waals surface area contributed by atoms with Crippen LogP contribution in [-0.2, 0) is 10.0 Å². The van der Waals surface area contributed by atoms with Crippen LogP contribution < -0.4 is 10.6 Å². The van der Waals surface area contributed by atoms with Gasteiger partial charge in [0.15, 0.2) is 5.96 Å². The van der Waals surface area contributed by atoms with Crippen LogP contribution in [0.3, 0.4) is 0 Å². The van der Waals surface area contributed by atoms with Gasteiger partial charge in [-0.25, -0.2) is 12.7 Å². The van der Waals surface area contributed by atoms with Gasteiger partial charge >= 0.3 is 0 Å². The zero-order chi connectivity index (χ0) is 18.9. The predicted molar refractivity (Wildman–Crippen MR) is 121 cm³/mol. The molecule has 0 saturated carbocycles. The predicted octanol–water partition coefficient (Wildman–Crippen LogP) is 3.25. The molecule has 0 fully saturated rings. The van der Waals surface area contributed by atoms with Crippen molar-refractivity contribution >= 4 is 51.6 Å². The number of aliphatic imine (C=N–C) groups is 1. The molecule has 2 N–H and O–H groups in total. The van der Waals surface area contributed by atoms with E-state index in [2.05, 4.69) is 15.6 Å². The van der Waals surface area contributed by atoms with Crippen LogP contribution in [0.25, 0.3) is 0 Å². The second-order valence-electron chi connectivity index (χ2n) is 5.58. The Kier molecular flexibility index (Phi) is 12.5. The average molecular weight is 517 g/mol. The van der Waals surface area contributed by atoms with Gasteiger partial charge in [-0.05, 0) is 31.5 Å². The summed E-state index contributed by atoms with van der Waals surface area (Å²) < 4.78 is 25.9. The van der Waals surface area contributed by atoms with E-state index in [9.17, 15) is 8.42 Å². The van der Waals surface area contributed by atoms with Gasteiger partial charge < -0.3 is 10.6 Å². The molecule has 1 aromatic rings. The third-order valence-electron chi connectivity index (χ3n) is 3.79. The summed E-state index contributed by atoms with van der Waals surface area (Å²) in [6.07, 6.45) is 0. The molecule has 0 bridgehead atoms. The van der Waals surface area contributed by atoms with E-state index < -0.39 is 10.0 Å². The summed E-state index contributed by atoms with van der Waals surface area (Å²) >= 11 is 5.92. The smallest absolute Gasteiger partial charge is 0.215 e. The van der Waals surface area contributed by atoms with E-state index in [1.807, 2.05) is 52.0 Å². The zero-order valence-corrected chi connectivity index (χ0v) is 19.7. The molecule has 0 aliphatic rings. The maximum atomic E-state index is 12.2. The standard InChI is InChI=1S/C17H29ClN4O2S.HI/c1-5-19-17(20-12-13-25(23,24)22(6-2)7-3)21-14(4)15-8-10-16(18)11-9-15;/h8-11,14H,5-7,12-13H2,1-4H3,(H2,19,20,21);1H. The van der Waals surface area contributed by atoms with Crippen LogP contribution >= 0.6 is 35.6 Å². The van der Waals surface area contributed by atoms with Crippen molar-refractivity contribution < 1.29 is 8.42 Å². The lowest BCUT2D eigenvalue weighted by Crippen LogP contribution is -2.39. The van der Waals surface area contributed by atoms with E-state index in [1.165, 1.54) is 4.31 Å². The van der Waals surface area contributed by atoms with Gasteiger partial charge in [0.1, 0.15) is 0 Å². The number of benzene rings is 1. The minimum Gasteiger partial charge on any atom is -0.357 e. The number of hydrogen-bond acceptors (Lipinski definition) is 3. The third kappa shape index (κ3) is 8.41. The van der Waals surface area contributed by atoms with Crippen molar-refractivity contribution in [3.05, 3.63) is 34.9 Å². The van der Waals surface area contributed by atoms with Crippen molar-refractivity contribution in [2.45, 2.75) is 33.7 Å². The Morgan fingerprint density at radius 2 is 1.77 bits per heavy atom. The van der Waals surface area contributed by atoms with Gasteiger partial charge in [-0.2, -0.15) is 0 Å². The third-order valence-corrected chi connectivity index (χ3v) is 6.04. The van der Waals surface area contributed by atoms with E-state index in [1.54, 1.807) is 0 Å². The largest absolute Gasteiger partial charge is 0.357 e. The number of halogens is 2. The number of guanidine groups is 1. The summed E-state index contributed by atoms with van der Waals surface area (Å²) in [4.78, 5) is 4.40. The van der Waals surface area contributed by atoms with Crippen molar-refractivity contribution in [1.82, 2.24) is 14.9 Å². The summed E-state index contributed by atoms with van der Waals surface area (Å²) in [5.41, 5.74) is 1.07. The SMILES string of the molecule is CCNC(=NCCS(=O)(=O)N(CC)CC)NC(C)c1ccc(Cl)cc1.I. The molecule has 0 amide bonds. The summed E-state index contributed by atoms with van der Waals surface area (Å²) in [5.74, 6) is 0.598. The molecule has 1 rings (SSSR count). The molecule has 26 heavy (non-hydrogen) atoms. The summed E-state index contributed by atoms with van der Waals surface area (Å²) in [7, 11) is -3.26. The van der Waals surface area contributed by atoms with Crippen LogP contribution in [0.2, 0.25) is 5.02 Å². The Balaban J connectivity index is 0.00000625. The molecular weight excluding hydrogens is 487 g/mol. The van der Waals surface area contributed by atoms with Gasteiger partial charge in [-0.3, -0.25) is 4.99 Å². The highest BCUT2D eigenvalue weighted by Gasteiger charge is 2.18. The maximum Gasteiger partial charge on any atom is 0.215 e. The fourth-order valence-corrected chi connectivity index (χ4v) is 3.87. The van der Waals surface area contributed by atoms with Crippen LogP contribution in [0.4, 0.5) is 0 Å². The molecule has 1 aromatic carbocycles. The number of nitrogens with zero attached hydrogens (tertiary/aromatic N) is 2. The first-order chi connectivity index (χ1) is 11.8. The first-order valence-electron chi connectivity index (χ1n) is 8.62. The van der Waals surface area contributed by atoms with Crippen molar-refractivity contribution in [3.8, 4) is 0 Å². The number of rotatable bonds is 9. The van der Waals surface area contributed by atoms with Crippen LogP contribution in [0, 0.1) is 0 Å². The molecule has 0 spiro atoms. The molecule has 1 unspecified atom stereocenters. The zero-order valence-electron chi connectivity index (χ0n) is 15.8. The highest BCUT2D eigenvalue weighted by atomic mass is 127.